The maximum absolute atomic E-state index is 12.5. The number of nitrogens with one attached hydrogen (secondary N) is 1. The van der Waals surface area contributed by atoms with Gasteiger partial charge in [0.05, 0.1) is 16.8 Å². The van der Waals surface area contributed by atoms with Gasteiger partial charge >= 0.3 is 5.97 Å². The first-order valence-electron chi connectivity index (χ1n) is 9.92. The Labute approximate surface area is 171 Å². The van der Waals surface area contributed by atoms with Gasteiger partial charge in [0, 0.05) is 13.1 Å². The van der Waals surface area contributed by atoms with Gasteiger partial charge in [0.1, 0.15) is 17.9 Å². The molecule has 2 aromatic heterocycles. The van der Waals surface area contributed by atoms with E-state index >= 15 is 0 Å². The predicted octanol–water partition coefficient (Wildman–Crippen LogP) is 3.02. The Morgan fingerprint density at radius 1 is 1.07 bits per heavy atom. The lowest BCUT2D eigenvalue weighted by Gasteiger charge is -2.29. The second kappa shape index (κ2) is 7.62. The molecule has 1 saturated heterocycles. The van der Waals surface area contributed by atoms with Crippen LogP contribution in [0, 0.1) is 5.92 Å². The predicted molar refractivity (Wildman–Crippen MR) is 111 cm³/mol. The van der Waals surface area contributed by atoms with Gasteiger partial charge in [0.2, 0.25) is 0 Å². The van der Waals surface area contributed by atoms with E-state index in [1.807, 2.05) is 35.2 Å². The zero-order valence-electron chi connectivity index (χ0n) is 16.2. The molecule has 1 fully saturated rings. The van der Waals surface area contributed by atoms with E-state index in [1.165, 1.54) is 0 Å². The molecule has 8 heteroatoms. The van der Waals surface area contributed by atoms with Crippen molar-refractivity contribution in [3.05, 3.63) is 64.7 Å². The van der Waals surface area contributed by atoms with Crippen molar-refractivity contribution in [2.75, 3.05) is 18.0 Å². The molecule has 4 aromatic rings. The van der Waals surface area contributed by atoms with Crippen LogP contribution in [0.4, 0.5) is 6.01 Å². The molecule has 2 aromatic carbocycles. The SMILES string of the molecule is O=C(OCc1nc2ccccc2c(=O)[nH]1)C1CCN(c2nc3ccccc3o2)CC1. The van der Waals surface area contributed by atoms with Gasteiger partial charge < -0.3 is 19.0 Å². The van der Waals surface area contributed by atoms with Gasteiger partial charge in [-0.15, -0.1) is 0 Å². The molecule has 1 N–H and O–H groups in total. The molecule has 3 heterocycles. The van der Waals surface area contributed by atoms with Crippen molar-refractivity contribution in [1.29, 1.82) is 0 Å². The van der Waals surface area contributed by atoms with E-state index in [0.717, 1.165) is 11.1 Å². The third-order valence-corrected chi connectivity index (χ3v) is 5.39. The van der Waals surface area contributed by atoms with Gasteiger partial charge in [0.15, 0.2) is 5.58 Å². The van der Waals surface area contributed by atoms with E-state index in [-0.39, 0.29) is 24.1 Å². The topological polar surface area (TPSA) is 101 Å². The summed E-state index contributed by atoms with van der Waals surface area (Å²) in [4.78, 5) is 38.2. The van der Waals surface area contributed by atoms with Crippen LogP contribution >= 0.6 is 0 Å². The van der Waals surface area contributed by atoms with E-state index in [1.54, 1.807) is 18.2 Å². The maximum Gasteiger partial charge on any atom is 0.309 e. The number of carbonyl (C=O) groups is 1. The fraction of sp³-hybridized carbons (Fsp3) is 0.273. The molecule has 0 aliphatic carbocycles. The summed E-state index contributed by atoms with van der Waals surface area (Å²) in [5, 5.41) is 0.513. The Balaban J connectivity index is 1.19. The smallest absolute Gasteiger partial charge is 0.309 e. The number of benzene rings is 2. The van der Waals surface area contributed by atoms with Crippen LogP contribution in [0.15, 0.2) is 57.7 Å². The number of ether oxygens (including phenoxy) is 1. The number of aromatic amines is 1. The summed E-state index contributed by atoms with van der Waals surface area (Å²) in [6.07, 6.45) is 1.30. The molecular formula is C22H20N4O4. The van der Waals surface area contributed by atoms with Gasteiger partial charge in [-0.05, 0) is 37.1 Å². The molecule has 1 aliphatic heterocycles. The van der Waals surface area contributed by atoms with Crippen molar-refractivity contribution in [3.63, 3.8) is 0 Å². The molecule has 0 saturated carbocycles. The number of esters is 1. The van der Waals surface area contributed by atoms with E-state index in [9.17, 15) is 9.59 Å². The average molecular weight is 404 g/mol. The van der Waals surface area contributed by atoms with E-state index in [4.69, 9.17) is 9.15 Å². The van der Waals surface area contributed by atoms with Crippen LogP contribution in [0.3, 0.4) is 0 Å². The molecule has 8 nitrogen and oxygen atoms in total. The number of H-pyrrole nitrogens is 1. The molecule has 0 radical (unpaired) electrons. The summed E-state index contributed by atoms with van der Waals surface area (Å²) in [7, 11) is 0. The lowest BCUT2D eigenvalue weighted by molar-refractivity contribution is -0.150. The highest BCUT2D eigenvalue weighted by molar-refractivity contribution is 5.77. The average Bonchev–Trinajstić information content (AvgIpc) is 3.22. The largest absolute Gasteiger partial charge is 0.457 e. The van der Waals surface area contributed by atoms with Crippen LogP contribution in [0.2, 0.25) is 0 Å². The molecule has 5 rings (SSSR count). The van der Waals surface area contributed by atoms with E-state index in [2.05, 4.69) is 15.0 Å². The Bertz CT molecular complexity index is 1240. The third kappa shape index (κ3) is 3.52. The molecular weight excluding hydrogens is 384 g/mol. The van der Waals surface area contributed by atoms with Crippen molar-refractivity contribution in [1.82, 2.24) is 15.0 Å². The number of piperidine rings is 1. The van der Waals surface area contributed by atoms with Gasteiger partial charge in [0.25, 0.3) is 11.6 Å². The second-order valence-electron chi connectivity index (χ2n) is 7.36. The Hall–Kier alpha value is -3.68. The molecule has 1 aliphatic rings. The highest BCUT2D eigenvalue weighted by atomic mass is 16.5. The summed E-state index contributed by atoms with van der Waals surface area (Å²) < 4.78 is 11.2. The second-order valence-corrected chi connectivity index (χ2v) is 7.36. The first-order chi connectivity index (χ1) is 14.7. The highest BCUT2D eigenvalue weighted by Crippen LogP contribution is 2.27. The Morgan fingerprint density at radius 2 is 1.80 bits per heavy atom. The van der Waals surface area contributed by atoms with Crippen LogP contribution in [-0.4, -0.2) is 34.0 Å². The van der Waals surface area contributed by atoms with Gasteiger partial charge in [-0.3, -0.25) is 9.59 Å². The number of anilines is 1. The molecule has 0 atom stereocenters. The standard InChI is InChI=1S/C22H20N4O4/c27-20-15-5-1-2-6-16(15)23-19(25-20)13-29-21(28)14-9-11-26(12-10-14)22-24-17-7-3-4-8-18(17)30-22/h1-8,14H,9-13H2,(H,23,25,27). The normalized spacial score (nSPS) is 15.0. The van der Waals surface area contributed by atoms with E-state index < -0.39 is 0 Å². The Kier molecular flexibility index (Phi) is 4.66. The first-order valence-corrected chi connectivity index (χ1v) is 9.92. The number of carbonyl (C=O) groups excluding carboxylic acids is 1. The summed E-state index contributed by atoms with van der Waals surface area (Å²) in [5.74, 6) is -0.128. The summed E-state index contributed by atoms with van der Waals surface area (Å²) >= 11 is 0. The van der Waals surface area contributed by atoms with Gasteiger partial charge in [-0.2, -0.15) is 4.98 Å². The molecule has 30 heavy (non-hydrogen) atoms. The zero-order valence-corrected chi connectivity index (χ0v) is 16.2. The summed E-state index contributed by atoms with van der Waals surface area (Å²) in [6.45, 7) is 1.28. The number of hydrogen-bond acceptors (Lipinski definition) is 7. The third-order valence-electron chi connectivity index (χ3n) is 5.39. The monoisotopic (exact) mass is 404 g/mol. The lowest BCUT2D eigenvalue weighted by atomic mass is 9.97. The quantitative estimate of drug-likeness (QED) is 0.522. The molecule has 0 amide bonds. The number of rotatable bonds is 4. The number of hydrogen-bond donors (Lipinski definition) is 1. The fourth-order valence-corrected chi connectivity index (χ4v) is 3.76. The maximum atomic E-state index is 12.5. The van der Waals surface area contributed by atoms with Crippen molar-refractivity contribution in [2.24, 2.45) is 5.92 Å². The minimum absolute atomic E-state index is 0.0513. The first kappa shape index (κ1) is 18.4. The number of aromatic nitrogens is 3. The van der Waals surface area contributed by atoms with E-state index in [0.29, 0.717) is 48.7 Å². The van der Waals surface area contributed by atoms with Crippen molar-refractivity contribution in [3.8, 4) is 0 Å². The molecule has 0 unspecified atom stereocenters. The van der Waals surface area contributed by atoms with Crippen molar-refractivity contribution >= 4 is 34.0 Å². The molecule has 0 spiro atoms. The number of para-hydroxylation sites is 3. The molecule has 152 valence electrons. The number of oxazole rings is 1. The van der Waals surface area contributed by atoms with Crippen LogP contribution in [-0.2, 0) is 16.1 Å². The number of fused-ring (bicyclic) bond motifs is 2. The van der Waals surface area contributed by atoms with Crippen LogP contribution < -0.4 is 10.5 Å². The van der Waals surface area contributed by atoms with Crippen molar-refractivity contribution in [2.45, 2.75) is 19.4 Å². The van der Waals surface area contributed by atoms with Crippen molar-refractivity contribution < 1.29 is 13.9 Å². The summed E-state index contributed by atoms with van der Waals surface area (Å²) in [6, 6.07) is 15.3. The molecule has 0 bridgehead atoms. The minimum Gasteiger partial charge on any atom is -0.457 e. The lowest BCUT2D eigenvalue weighted by Crippen LogP contribution is -2.37. The van der Waals surface area contributed by atoms with Crippen LogP contribution in [0.25, 0.3) is 22.0 Å². The van der Waals surface area contributed by atoms with Gasteiger partial charge in [-0.1, -0.05) is 24.3 Å². The minimum atomic E-state index is -0.275. The highest BCUT2D eigenvalue weighted by Gasteiger charge is 2.28. The summed E-state index contributed by atoms with van der Waals surface area (Å²) in [5.41, 5.74) is 1.93. The van der Waals surface area contributed by atoms with Gasteiger partial charge in [-0.25, -0.2) is 4.98 Å². The zero-order chi connectivity index (χ0) is 20.5. The van der Waals surface area contributed by atoms with Crippen LogP contribution in [0.1, 0.15) is 18.7 Å². The number of nitrogens with zero attached hydrogens (tertiary/aromatic N) is 3. The fourth-order valence-electron chi connectivity index (χ4n) is 3.76. The Morgan fingerprint density at radius 3 is 2.60 bits per heavy atom. The van der Waals surface area contributed by atoms with Crippen LogP contribution in [0.5, 0.6) is 0 Å².